The smallest absolute Gasteiger partial charge is 0.259 e. The number of benzene rings is 1. The molecule has 1 aromatic heterocycles. The third-order valence-corrected chi connectivity index (χ3v) is 6.96. The second-order valence-electron chi connectivity index (χ2n) is 9.29. The highest BCUT2D eigenvalue weighted by molar-refractivity contribution is 7.88. The van der Waals surface area contributed by atoms with Crippen molar-refractivity contribution in [3.63, 3.8) is 0 Å². The summed E-state index contributed by atoms with van der Waals surface area (Å²) in [5.41, 5.74) is 12.5. The summed E-state index contributed by atoms with van der Waals surface area (Å²) < 4.78 is 55.5. The molecule has 0 saturated carbocycles. The van der Waals surface area contributed by atoms with Gasteiger partial charge in [-0.1, -0.05) is 25.3 Å². The molecule has 10 nitrogen and oxygen atoms in total. The first kappa shape index (κ1) is 31.4. The molecule has 1 amide bonds. The first-order valence-corrected chi connectivity index (χ1v) is 14.7. The average molecular weight is 586 g/mol. The van der Waals surface area contributed by atoms with Crippen LogP contribution in [0.25, 0.3) is 11.3 Å². The molecule has 3 rings (SSSR count). The van der Waals surface area contributed by atoms with Gasteiger partial charge in [0.15, 0.2) is 0 Å². The second-order valence-corrected chi connectivity index (χ2v) is 11.1. The topological polar surface area (TPSA) is 148 Å². The highest BCUT2D eigenvalue weighted by Crippen LogP contribution is 2.28. The zero-order chi connectivity index (χ0) is 30.2. The van der Waals surface area contributed by atoms with Crippen molar-refractivity contribution in [1.29, 1.82) is 0 Å². The van der Waals surface area contributed by atoms with Gasteiger partial charge in [-0.2, -0.15) is 0 Å². The number of sulfonamides is 1. The lowest BCUT2D eigenvalue weighted by molar-refractivity contribution is 0.0630. The van der Waals surface area contributed by atoms with Crippen molar-refractivity contribution >= 4 is 15.9 Å². The Morgan fingerprint density at radius 2 is 1.83 bits per heavy atom. The molecule has 13 heteroatoms. The zero-order valence-corrected chi connectivity index (χ0v) is 23.8. The largest absolute Gasteiger partial charge is 0.404 e. The van der Waals surface area contributed by atoms with E-state index in [2.05, 4.69) is 33.1 Å². The lowest BCUT2D eigenvalue weighted by Gasteiger charge is -2.34. The van der Waals surface area contributed by atoms with Crippen LogP contribution >= 0.6 is 0 Å². The van der Waals surface area contributed by atoms with Gasteiger partial charge in [-0.25, -0.2) is 31.9 Å². The molecule has 1 aromatic carbocycles. The Bertz CT molecular complexity index is 1510. The van der Waals surface area contributed by atoms with Gasteiger partial charge in [0, 0.05) is 62.3 Å². The number of carbonyl (C=O) groups is 1. The van der Waals surface area contributed by atoms with Crippen molar-refractivity contribution < 1.29 is 22.0 Å². The van der Waals surface area contributed by atoms with Gasteiger partial charge < -0.3 is 16.4 Å². The van der Waals surface area contributed by atoms with Gasteiger partial charge in [-0.05, 0) is 30.7 Å². The van der Waals surface area contributed by atoms with Crippen molar-refractivity contribution in [2.75, 3.05) is 45.5 Å². The molecule has 2 heterocycles. The first-order valence-electron chi connectivity index (χ1n) is 12.8. The van der Waals surface area contributed by atoms with Crippen molar-refractivity contribution in [3.8, 4) is 23.1 Å². The van der Waals surface area contributed by atoms with E-state index in [0.29, 0.717) is 48.6 Å². The Balaban J connectivity index is 1.84. The second kappa shape index (κ2) is 14.0. The van der Waals surface area contributed by atoms with Crippen LogP contribution in [0.15, 0.2) is 54.7 Å². The Hall–Kier alpha value is -4.12. The number of halogens is 2. The molecule has 0 bridgehead atoms. The molecule has 1 fully saturated rings. The van der Waals surface area contributed by atoms with Gasteiger partial charge in [-0.15, -0.1) is 0 Å². The number of amides is 1. The van der Waals surface area contributed by atoms with Crippen molar-refractivity contribution in [2.24, 2.45) is 11.5 Å². The summed E-state index contributed by atoms with van der Waals surface area (Å²) in [6, 6.07) is 2.13. The number of hydrogen-bond donors (Lipinski definition) is 3. The third-order valence-electron chi connectivity index (χ3n) is 6.23. The summed E-state index contributed by atoms with van der Waals surface area (Å²) in [6.45, 7) is 7.50. The molecule has 0 spiro atoms. The molecule has 218 valence electrons. The predicted octanol–water partition coefficient (Wildman–Crippen LogP) is 1.51. The Morgan fingerprint density at radius 1 is 1.17 bits per heavy atom. The maximum atomic E-state index is 15.3. The summed E-state index contributed by atoms with van der Waals surface area (Å²) in [5, 5.41) is 0. The average Bonchev–Trinajstić information content (AvgIpc) is 2.92. The summed E-state index contributed by atoms with van der Waals surface area (Å²) >= 11 is 0. The number of nitrogens with zero attached hydrogens (tertiary/aromatic N) is 4. The summed E-state index contributed by atoms with van der Waals surface area (Å²) in [6.07, 6.45) is 7.25. The molecule has 0 unspecified atom stereocenters. The number of nitrogens with two attached hydrogens (primary N) is 2. The number of rotatable bonds is 9. The van der Waals surface area contributed by atoms with Crippen molar-refractivity contribution in [2.45, 2.75) is 13.3 Å². The van der Waals surface area contributed by atoms with E-state index < -0.39 is 33.1 Å². The van der Waals surface area contributed by atoms with Crippen LogP contribution in [-0.2, 0) is 16.4 Å². The van der Waals surface area contributed by atoms with E-state index in [0.717, 1.165) is 18.4 Å². The normalized spacial score (nSPS) is 14.6. The van der Waals surface area contributed by atoms with Gasteiger partial charge in [0.05, 0.1) is 23.2 Å². The third kappa shape index (κ3) is 8.68. The van der Waals surface area contributed by atoms with E-state index >= 15 is 8.78 Å². The molecule has 41 heavy (non-hydrogen) atoms. The minimum Gasteiger partial charge on any atom is -0.404 e. The molecular weight excluding hydrogens is 552 g/mol. The number of carbonyl (C=O) groups excluding carboxylic acids is 1. The zero-order valence-electron chi connectivity index (χ0n) is 23.0. The Kier molecular flexibility index (Phi) is 10.7. The summed E-state index contributed by atoms with van der Waals surface area (Å²) in [7, 11) is -3.30. The van der Waals surface area contributed by atoms with Crippen molar-refractivity contribution in [3.05, 3.63) is 83.1 Å². The lowest BCUT2D eigenvalue weighted by Crippen LogP contribution is -2.50. The molecule has 5 N–H and O–H groups in total. The molecule has 1 saturated heterocycles. The maximum Gasteiger partial charge on any atom is 0.259 e. The number of piperazine rings is 1. The van der Waals surface area contributed by atoms with Gasteiger partial charge in [0.25, 0.3) is 5.91 Å². The van der Waals surface area contributed by atoms with Crippen LogP contribution in [0.3, 0.4) is 0 Å². The summed E-state index contributed by atoms with van der Waals surface area (Å²) in [4.78, 5) is 24.9. The fraction of sp³-hybridized carbons (Fsp3) is 0.321. The van der Waals surface area contributed by atoms with Gasteiger partial charge in [-0.3, -0.25) is 9.69 Å². The van der Waals surface area contributed by atoms with Gasteiger partial charge in [0.1, 0.15) is 23.5 Å². The van der Waals surface area contributed by atoms with Crippen LogP contribution in [0.1, 0.15) is 28.5 Å². The fourth-order valence-corrected chi connectivity index (χ4v) is 4.61. The minimum atomic E-state index is -3.30. The van der Waals surface area contributed by atoms with E-state index in [4.69, 9.17) is 11.5 Å². The van der Waals surface area contributed by atoms with Crippen LogP contribution in [0.5, 0.6) is 0 Å². The molecule has 2 aromatic rings. The van der Waals surface area contributed by atoms with Gasteiger partial charge in [0.2, 0.25) is 10.0 Å². The van der Waals surface area contributed by atoms with Crippen LogP contribution in [0.2, 0.25) is 0 Å². The number of allylic oxidation sites excluding steroid dienone is 3. The summed E-state index contributed by atoms with van der Waals surface area (Å²) in [5.74, 6) is 3.04. The first-order chi connectivity index (χ1) is 19.4. The van der Waals surface area contributed by atoms with Crippen LogP contribution < -0.4 is 16.2 Å². The molecule has 0 atom stereocenters. The SMILES string of the molecule is C=C(N)/C=C\C(C#Cc1c(CC)ncnc1-c1cc(F)c(C(=O)N2CCN(CCNS(C)(=O)=O)CC2)c(F)c1)=C/N. The maximum absolute atomic E-state index is 15.3. The molecule has 0 radical (unpaired) electrons. The number of hydrogen-bond acceptors (Lipinski definition) is 8. The van der Waals surface area contributed by atoms with E-state index in [1.165, 1.54) is 23.5 Å². The predicted molar refractivity (Wildman–Crippen MR) is 154 cm³/mol. The Morgan fingerprint density at radius 3 is 2.39 bits per heavy atom. The van der Waals surface area contributed by atoms with E-state index in [9.17, 15) is 13.2 Å². The van der Waals surface area contributed by atoms with E-state index in [-0.39, 0.29) is 30.9 Å². The monoisotopic (exact) mass is 585 g/mol. The quantitative estimate of drug-likeness (QED) is 0.297. The van der Waals surface area contributed by atoms with E-state index in [1.54, 1.807) is 6.08 Å². The van der Waals surface area contributed by atoms with E-state index in [1.807, 2.05) is 11.8 Å². The lowest BCUT2D eigenvalue weighted by atomic mass is 10.0. The number of aryl methyl sites for hydroxylation is 1. The fourth-order valence-electron chi connectivity index (χ4n) is 4.15. The molecule has 1 aliphatic heterocycles. The highest BCUT2D eigenvalue weighted by Gasteiger charge is 2.28. The van der Waals surface area contributed by atoms with Gasteiger partial charge >= 0.3 is 0 Å². The van der Waals surface area contributed by atoms with Crippen LogP contribution in [0, 0.1) is 23.5 Å². The standard InChI is InChI=1S/C28H33F2N7O3S/c1-4-25-22(8-7-20(17-31)6-5-19(2)32)27(34-18-33-25)21-15-23(29)26(24(30)16-21)28(38)37-13-11-36(12-14-37)10-9-35-41(3,39)40/h5-6,15-18,35H,2,4,9-14,31-32H2,1,3H3/b6-5-,20-17+. The van der Waals surface area contributed by atoms with Crippen molar-refractivity contribution in [1.82, 2.24) is 24.5 Å². The minimum absolute atomic E-state index is 0.102. The van der Waals surface area contributed by atoms with Crippen LogP contribution in [-0.4, -0.2) is 79.6 Å². The molecule has 1 aliphatic rings. The van der Waals surface area contributed by atoms with Crippen LogP contribution in [0.4, 0.5) is 8.78 Å². The molecular formula is C28H33F2N7O3S. The highest BCUT2D eigenvalue weighted by atomic mass is 32.2. The number of nitrogens with one attached hydrogen (secondary N) is 1. The number of aromatic nitrogens is 2. The Labute approximate surface area is 238 Å². The molecule has 0 aliphatic carbocycles.